The predicted octanol–water partition coefficient (Wildman–Crippen LogP) is 5.82. The van der Waals surface area contributed by atoms with Crippen molar-refractivity contribution in [1.82, 2.24) is 10.2 Å². The number of carbonyl (C=O) groups excluding carboxylic acids is 2. The lowest BCUT2D eigenvalue weighted by Gasteiger charge is -2.44. The lowest BCUT2D eigenvalue weighted by molar-refractivity contribution is -0.137. The molecule has 1 fully saturated rings. The molecule has 51 heavy (non-hydrogen) atoms. The second kappa shape index (κ2) is 20.1. The quantitative estimate of drug-likeness (QED) is 0.0935. The largest absolute Gasteiger partial charge is 0.497 e. The predicted molar refractivity (Wildman–Crippen MR) is 199 cm³/mol. The van der Waals surface area contributed by atoms with Gasteiger partial charge in [0.15, 0.2) is 0 Å². The number of carbonyl (C=O) groups is 2. The lowest BCUT2D eigenvalue weighted by Crippen LogP contribution is -2.48. The van der Waals surface area contributed by atoms with Gasteiger partial charge in [0.2, 0.25) is 11.8 Å². The summed E-state index contributed by atoms with van der Waals surface area (Å²) in [5.74, 6) is 2.42. The van der Waals surface area contributed by atoms with Crippen molar-refractivity contribution < 1.29 is 33.6 Å². The second-order valence-electron chi connectivity index (χ2n) is 13.5. The molecule has 2 amide bonds. The zero-order chi connectivity index (χ0) is 36.5. The molecule has 1 saturated heterocycles. The first-order valence-corrected chi connectivity index (χ1v) is 18.3. The van der Waals surface area contributed by atoms with Gasteiger partial charge in [0, 0.05) is 37.9 Å². The van der Waals surface area contributed by atoms with Gasteiger partial charge in [-0.2, -0.15) is 0 Å². The van der Waals surface area contributed by atoms with Crippen LogP contribution in [-0.2, 0) is 19.9 Å². The molecule has 1 aliphatic rings. The highest BCUT2D eigenvalue weighted by molar-refractivity contribution is 5.76. The molecule has 10 nitrogen and oxygen atoms in total. The van der Waals surface area contributed by atoms with Crippen LogP contribution in [0, 0.1) is 5.41 Å². The number of amides is 2. The van der Waals surface area contributed by atoms with E-state index in [-0.39, 0.29) is 25.0 Å². The van der Waals surface area contributed by atoms with E-state index in [4.69, 9.17) is 24.7 Å². The third-order valence-corrected chi connectivity index (χ3v) is 10.1. The Balaban J connectivity index is 1.43. The van der Waals surface area contributed by atoms with E-state index in [9.17, 15) is 14.7 Å². The van der Waals surface area contributed by atoms with E-state index < -0.39 is 11.0 Å². The Morgan fingerprint density at radius 2 is 1.20 bits per heavy atom. The van der Waals surface area contributed by atoms with Crippen molar-refractivity contribution >= 4 is 11.8 Å². The number of rotatable bonds is 21. The highest BCUT2D eigenvalue weighted by atomic mass is 16.5. The molecule has 1 aliphatic heterocycles. The Hall–Kier alpha value is -4.12. The number of piperidine rings is 1. The summed E-state index contributed by atoms with van der Waals surface area (Å²) in [6, 6.07) is 23.6. The normalized spacial score (nSPS) is 14.2. The average Bonchev–Trinajstić information content (AvgIpc) is 3.18. The first kappa shape index (κ1) is 39.7. The van der Waals surface area contributed by atoms with Crippen LogP contribution in [0.5, 0.6) is 17.2 Å². The first-order valence-electron chi connectivity index (χ1n) is 18.3. The van der Waals surface area contributed by atoms with Gasteiger partial charge in [-0.15, -0.1) is 0 Å². The third kappa shape index (κ3) is 10.7. The van der Waals surface area contributed by atoms with Crippen molar-refractivity contribution in [3.05, 3.63) is 89.5 Å². The van der Waals surface area contributed by atoms with Gasteiger partial charge in [-0.3, -0.25) is 9.59 Å². The summed E-state index contributed by atoms with van der Waals surface area (Å²) in [4.78, 5) is 27.1. The molecule has 0 aromatic heterocycles. The minimum absolute atomic E-state index is 0.0578. The van der Waals surface area contributed by atoms with Gasteiger partial charge < -0.3 is 40.0 Å². The molecule has 0 radical (unpaired) electrons. The first-order chi connectivity index (χ1) is 24.8. The highest BCUT2D eigenvalue weighted by Gasteiger charge is 2.43. The molecule has 0 atom stereocenters. The van der Waals surface area contributed by atoms with Gasteiger partial charge in [0.25, 0.3) is 0 Å². The Morgan fingerprint density at radius 3 is 1.65 bits per heavy atom. The lowest BCUT2D eigenvalue weighted by atomic mass is 9.77. The number of methoxy groups -OCH3 is 3. The topological polar surface area (TPSA) is 133 Å². The van der Waals surface area contributed by atoms with Crippen LogP contribution in [0.2, 0.25) is 0 Å². The number of unbranched alkanes of at least 4 members (excludes halogenated alkanes) is 4. The summed E-state index contributed by atoms with van der Waals surface area (Å²) < 4.78 is 23.6. The number of nitrogens with zero attached hydrogens (tertiary/aromatic N) is 1. The van der Waals surface area contributed by atoms with Crippen LogP contribution in [0.1, 0.15) is 80.9 Å². The molecule has 4 rings (SSSR count). The zero-order valence-corrected chi connectivity index (χ0v) is 30.7. The summed E-state index contributed by atoms with van der Waals surface area (Å²) in [6.07, 6.45) is 7.57. The second-order valence-corrected chi connectivity index (χ2v) is 13.5. The minimum Gasteiger partial charge on any atom is -0.497 e. The van der Waals surface area contributed by atoms with Crippen LogP contribution in [0.3, 0.4) is 0 Å². The van der Waals surface area contributed by atoms with E-state index in [1.807, 2.05) is 77.7 Å². The molecule has 3 aromatic carbocycles. The number of benzene rings is 3. The highest BCUT2D eigenvalue weighted by Crippen LogP contribution is 2.44. The summed E-state index contributed by atoms with van der Waals surface area (Å²) >= 11 is 0. The third-order valence-electron chi connectivity index (χ3n) is 10.1. The number of aliphatic hydroxyl groups excluding tert-OH is 1. The molecule has 0 saturated carbocycles. The molecule has 10 heteroatoms. The van der Waals surface area contributed by atoms with Crippen molar-refractivity contribution in [3.63, 3.8) is 0 Å². The van der Waals surface area contributed by atoms with E-state index in [2.05, 4.69) is 5.32 Å². The summed E-state index contributed by atoms with van der Waals surface area (Å²) in [6.45, 7) is 2.63. The van der Waals surface area contributed by atoms with Gasteiger partial charge in [-0.25, -0.2) is 0 Å². The van der Waals surface area contributed by atoms with Gasteiger partial charge in [-0.1, -0.05) is 49.2 Å². The Kier molecular flexibility index (Phi) is 15.6. The monoisotopic (exact) mass is 703 g/mol. The van der Waals surface area contributed by atoms with Gasteiger partial charge >= 0.3 is 0 Å². The van der Waals surface area contributed by atoms with Crippen LogP contribution in [0.25, 0.3) is 0 Å². The molecule has 4 N–H and O–H groups in total. The standard InChI is InChI=1S/C41H57N3O7/c1-48-35-18-12-32(13-19-35)41(33-14-20-36(49-2)21-15-33,34-16-22-37(50-3)23-17-34)51-31-40(30-45)24-28-44(29-25-40)39(47)11-7-5-9-27-43-38(46)10-6-4-8-26-42/h12-23,45H,4-11,24-31,42H2,1-3H3,(H,43,46). The number of hydrogen-bond acceptors (Lipinski definition) is 8. The van der Waals surface area contributed by atoms with Crippen molar-refractivity contribution in [2.45, 2.75) is 69.8 Å². The van der Waals surface area contributed by atoms with Crippen molar-refractivity contribution in [3.8, 4) is 17.2 Å². The molecule has 0 unspecified atom stereocenters. The molecule has 0 aliphatic carbocycles. The number of nitrogens with one attached hydrogen (secondary N) is 1. The van der Waals surface area contributed by atoms with E-state index in [1.165, 1.54) is 0 Å². The van der Waals surface area contributed by atoms with Crippen LogP contribution < -0.4 is 25.3 Å². The SMILES string of the molecule is COc1ccc(C(OCC2(CO)CCN(C(=O)CCCCCNC(=O)CCCCCN)CC2)(c2ccc(OC)cc2)c2ccc(OC)cc2)cc1. The van der Waals surface area contributed by atoms with Gasteiger partial charge in [-0.05, 0) is 98.2 Å². The van der Waals surface area contributed by atoms with Crippen LogP contribution in [-0.4, -0.2) is 82.5 Å². The van der Waals surface area contributed by atoms with Crippen molar-refractivity contribution in [1.29, 1.82) is 0 Å². The fraction of sp³-hybridized carbons (Fsp3) is 0.512. The molecule has 3 aromatic rings. The van der Waals surface area contributed by atoms with E-state index in [0.29, 0.717) is 51.9 Å². The molecular formula is C41H57N3O7. The van der Waals surface area contributed by atoms with Crippen LogP contribution >= 0.6 is 0 Å². The Bertz CT molecular complexity index is 1350. The number of hydrogen-bond donors (Lipinski definition) is 3. The van der Waals surface area contributed by atoms with Crippen molar-refractivity contribution in [2.24, 2.45) is 11.1 Å². The van der Waals surface area contributed by atoms with Crippen LogP contribution in [0.15, 0.2) is 72.8 Å². The Labute approximate surface area is 303 Å². The molecule has 0 bridgehead atoms. The smallest absolute Gasteiger partial charge is 0.222 e. The minimum atomic E-state index is -1.04. The van der Waals surface area contributed by atoms with Gasteiger partial charge in [0.1, 0.15) is 22.8 Å². The zero-order valence-electron chi connectivity index (χ0n) is 30.7. The van der Waals surface area contributed by atoms with E-state index in [0.717, 1.165) is 72.5 Å². The maximum Gasteiger partial charge on any atom is 0.222 e. The summed E-state index contributed by atoms with van der Waals surface area (Å²) in [5.41, 5.74) is 6.65. The number of ether oxygens (including phenoxy) is 4. The molecule has 1 heterocycles. The number of aliphatic hydroxyl groups is 1. The summed E-state index contributed by atoms with van der Waals surface area (Å²) in [5, 5.41) is 13.8. The number of likely N-dealkylation sites (tertiary alicyclic amines) is 1. The molecule has 0 spiro atoms. The molecule has 278 valence electrons. The number of nitrogens with two attached hydrogens (primary N) is 1. The van der Waals surface area contributed by atoms with E-state index in [1.54, 1.807) is 21.3 Å². The maximum absolute atomic E-state index is 13.2. The Morgan fingerprint density at radius 1 is 0.725 bits per heavy atom. The van der Waals surface area contributed by atoms with Crippen molar-refractivity contribution in [2.75, 3.05) is 60.7 Å². The fourth-order valence-corrected chi connectivity index (χ4v) is 6.73. The van der Waals surface area contributed by atoms with Crippen LogP contribution in [0.4, 0.5) is 0 Å². The summed E-state index contributed by atoms with van der Waals surface area (Å²) in [7, 11) is 4.93. The van der Waals surface area contributed by atoms with E-state index >= 15 is 0 Å². The maximum atomic E-state index is 13.2. The van der Waals surface area contributed by atoms with Gasteiger partial charge in [0.05, 0.1) is 34.5 Å². The molecular weight excluding hydrogens is 646 g/mol. The average molecular weight is 704 g/mol. The fourth-order valence-electron chi connectivity index (χ4n) is 6.73.